The van der Waals surface area contributed by atoms with E-state index < -0.39 is 75.7 Å². The summed E-state index contributed by atoms with van der Waals surface area (Å²) in [7, 11) is -32.2. The summed E-state index contributed by atoms with van der Waals surface area (Å²) in [4.78, 5) is 109. The molecule has 0 radical (unpaired) electrons. The maximum atomic E-state index is 11.0. The second-order valence-corrected chi connectivity index (χ2v) is 11.1. The van der Waals surface area contributed by atoms with Crippen molar-refractivity contribution in [3.63, 3.8) is 0 Å². The molecule has 36 heteroatoms. The molecule has 1 aliphatic rings. The van der Waals surface area contributed by atoms with Crippen LogP contribution in [0.25, 0.3) is 0 Å². The molecule has 0 spiro atoms. The summed E-state index contributed by atoms with van der Waals surface area (Å²) in [6, 6.07) is 0. The largest absolute Gasteiger partial charge is 1.00 e. The van der Waals surface area contributed by atoms with Crippen LogP contribution < -0.4 is 345 Å². The normalized spacial score (nSPS) is 23.6. The van der Waals surface area contributed by atoms with Crippen molar-refractivity contribution in [2.24, 2.45) is 0 Å². The van der Waals surface area contributed by atoms with Gasteiger partial charge in [0.25, 0.3) is 0 Å². The van der Waals surface area contributed by atoms with Crippen LogP contribution in [-0.4, -0.2) is 41.7 Å². The van der Waals surface area contributed by atoms with E-state index in [1.54, 1.807) is 0 Å². The van der Waals surface area contributed by atoms with E-state index in [4.69, 9.17) is 0 Å². The second-order valence-electron chi connectivity index (χ2n) is 5.58. The van der Waals surface area contributed by atoms with Crippen LogP contribution in [0.1, 0.15) is 0 Å². The van der Waals surface area contributed by atoms with E-state index >= 15 is 0 Å². The van der Waals surface area contributed by atoms with Crippen LogP contribution in [0, 0.1) is 0 Å². The molecule has 6 atom stereocenters. The Kier molecular flexibility index (Phi) is 59.8. The van der Waals surface area contributed by atoms with Crippen molar-refractivity contribution in [3.05, 3.63) is 0 Å². The van der Waals surface area contributed by atoms with Crippen molar-refractivity contribution in [3.8, 4) is 0 Å². The van der Waals surface area contributed by atoms with Crippen molar-refractivity contribution >= 4 is 39.1 Å². The van der Waals surface area contributed by atoms with E-state index in [9.17, 15) is 76.9 Å². The summed E-state index contributed by atoms with van der Waals surface area (Å²) >= 11 is 0. The summed E-state index contributed by atoms with van der Waals surface area (Å²) < 4.78 is 73.0. The minimum Gasteiger partial charge on any atom is -0.790 e. The second kappa shape index (κ2) is 32.6. The molecule has 1 aliphatic carbocycles. The molecule has 1 fully saturated rings. The smallest absolute Gasteiger partial charge is 0.790 e. The Bertz CT molecular complexity index is 858. The molecule has 1 saturated carbocycles. The zero-order valence-corrected chi connectivity index (χ0v) is 48.8. The SMILES string of the molecule is O=P([O-])([O-])OC1[C@H](OP(=O)([O-])[O-])[C@H](OP(=O)([O-])[O-])C(O)[C@H](OP(=O)([O-])[O-])[C@H]1OP(=O)([O-])[O-].[Na+].[Na+].[Na+].[Na+].[Na+].[Na+].[Na+].[Na+].[Na+].[Na+]. The van der Waals surface area contributed by atoms with Gasteiger partial charge in [-0.1, -0.05) is 0 Å². The summed E-state index contributed by atoms with van der Waals surface area (Å²) in [6.07, 6.45) is -19.5. The van der Waals surface area contributed by atoms with Gasteiger partial charge in [-0.2, -0.15) is 0 Å². The van der Waals surface area contributed by atoms with Gasteiger partial charge in [0.2, 0.25) is 0 Å². The van der Waals surface area contributed by atoms with Crippen LogP contribution in [0.2, 0.25) is 0 Å². The quantitative estimate of drug-likeness (QED) is 0.158. The average molecular weight is 800 g/mol. The van der Waals surface area contributed by atoms with E-state index in [1.807, 2.05) is 0 Å². The third kappa shape index (κ3) is 35.0. The van der Waals surface area contributed by atoms with E-state index in [1.165, 1.54) is 0 Å². The third-order valence-electron chi connectivity index (χ3n) is 3.22. The van der Waals surface area contributed by atoms with Gasteiger partial charge in [-0.3, -0.25) is 0 Å². The molecule has 1 N–H and O–H groups in total. The molecule has 0 aromatic heterocycles. The number of hydrogen-bond acceptors (Lipinski definition) is 21. The Labute approximate surface area is 460 Å². The number of hydrogen-bond donors (Lipinski definition) is 1. The van der Waals surface area contributed by atoms with Gasteiger partial charge >= 0.3 is 296 Å². The molecule has 1 rings (SSSR count). The fourth-order valence-electron chi connectivity index (χ4n) is 2.49. The standard InChI is InChI=1S/C6H17O21P5.10Na/c7-1-2(23-28(8,9)10)4(25-30(14,15)16)6(27-32(20,21)22)5(26-31(17,18)19)3(1)24-29(11,12)13;;;;;;;;;;/h1-7H,(H2,8,9,10)(H2,11,12,13)(H2,14,15,16)(H2,17,18,19)(H2,20,21,22);;;;;;;;;;/q;10*+1/p-10/t1?,2-,3+,4-,5-,6?;;;;;;;;;;/m1........../s1. The van der Waals surface area contributed by atoms with Crippen LogP contribution >= 0.6 is 39.1 Å². The molecular weight excluding hydrogens is 793 g/mol. The van der Waals surface area contributed by atoms with Gasteiger partial charge in [0.1, 0.15) is 36.6 Å². The van der Waals surface area contributed by atoms with Crippen LogP contribution in [0.5, 0.6) is 0 Å². The van der Waals surface area contributed by atoms with Crippen LogP contribution in [0.4, 0.5) is 0 Å². The van der Waals surface area contributed by atoms with E-state index in [-0.39, 0.29) is 296 Å². The predicted octanol–water partition coefficient (Wildman–Crippen LogP) is -39.5. The molecular formula is C6H7Na10O21P5. The minimum absolute atomic E-state index is 0. The molecule has 0 aromatic rings. The summed E-state index contributed by atoms with van der Waals surface area (Å²) in [5.41, 5.74) is 0. The Morgan fingerprint density at radius 3 is 0.595 bits per heavy atom. The molecule has 0 amide bonds. The summed E-state index contributed by atoms with van der Waals surface area (Å²) in [5, 5.41) is 10.0. The maximum Gasteiger partial charge on any atom is 1.00 e. The fraction of sp³-hybridized carbons (Fsp3) is 1.00. The average Bonchev–Trinajstić information content (AvgIpc) is 2.45. The molecule has 0 heterocycles. The molecule has 0 aromatic carbocycles. The van der Waals surface area contributed by atoms with Gasteiger partial charge in [-0.25, -0.2) is 0 Å². The van der Waals surface area contributed by atoms with Crippen LogP contribution in [-0.2, 0) is 45.4 Å². The minimum atomic E-state index is -6.51. The van der Waals surface area contributed by atoms with Gasteiger partial charge < -0.3 is 99.5 Å². The zero-order chi connectivity index (χ0) is 25.5. The van der Waals surface area contributed by atoms with E-state index in [0.29, 0.717) is 0 Å². The van der Waals surface area contributed by atoms with Crippen molar-refractivity contribution in [1.29, 1.82) is 0 Å². The predicted molar refractivity (Wildman–Crippen MR) is 68.4 cm³/mol. The van der Waals surface area contributed by atoms with Crippen LogP contribution in [0.15, 0.2) is 0 Å². The van der Waals surface area contributed by atoms with Crippen LogP contribution in [0.3, 0.4) is 0 Å². The van der Waals surface area contributed by atoms with Gasteiger partial charge in [-0.15, -0.1) is 0 Å². The summed E-state index contributed by atoms with van der Waals surface area (Å²) in [6.45, 7) is 0. The number of aliphatic hydroxyl groups excluding tert-OH is 1. The Morgan fingerprint density at radius 1 is 0.333 bits per heavy atom. The first-order valence-corrected chi connectivity index (χ1v) is 14.4. The molecule has 2 unspecified atom stereocenters. The van der Waals surface area contributed by atoms with Gasteiger partial charge in [-0.05, 0) is 0 Å². The summed E-state index contributed by atoms with van der Waals surface area (Å²) in [5.74, 6) is 0. The molecule has 42 heavy (non-hydrogen) atoms. The van der Waals surface area contributed by atoms with E-state index in [2.05, 4.69) is 22.6 Å². The monoisotopic (exact) mass is 800 g/mol. The first-order valence-electron chi connectivity index (χ1n) is 7.09. The molecule has 0 saturated heterocycles. The van der Waals surface area contributed by atoms with Gasteiger partial charge in [0, 0.05) is 0 Å². The number of phosphoric ester groups is 5. The Hall–Kier alpha value is 10.5. The van der Waals surface area contributed by atoms with Gasteiger partial charge in [0.05, 0.1) is 39.1 Å². The zero-order valence-electron chi connectivity index (χ0n) is 24.3. The Morgan fingerprint density at radius 2 is 0.452 bits per heavy atom. The number of rotatable bonds is 10. The number of phosphoric acid groups is 5. The van der Waals surface area contributed by atoms with Crippen molar-refractivity contribution < 1.29 is 395 Å². The molecule has 0 bridgehead atoms. The first-order chi connectivity index (χ1) is 13.9. The van der Waals surface area contributed by atoms with E-state index in [0.717, 1.165) is 0 Å². The number of aliphatic hydroxyl groups is 1. The fourth-order valence-corrected chi connectivity index (χ4v) is 5.19. The first kappa shape index (κ1) is 77.1. The van der Waals surface area contributed by atoms with Gasteiger partial charge in [0.15, 0.2) is 0 Å². The molecule has 21 nitrogen and oxygen atoms in total. The third-order valence-corrected chi connectivity index (χ3v) is 5.73. The Balaban J connectivity index is -0.000000128. The van der Waals surface area contributed by atoms with Crippen molar-refractivity contribution in [2.45, 2.75) is 36.6 Å². The van der Waals surface area contributed by atoms with Crippen molar-refractivity contribution in [1.82, 2.24) is 0 Å². The molecule has 0 aliphatic heterocycles. The topological polar surface area (TPSA) is 382 Å². The van der Waals surface area contributed by atoms with Crippen molar-refractivity contribution in [2.75, 3.05) is 0 Å². The maximum absolute atomic E-state index is 11.0. The molecule has 192 valence electrons.